The molecule has 1 amide bonds. The molecule has 0 aliphatic carbocycles. The molecule has 3 aromatic rings. The van der Waals surface area contributed by atoms with E-state index in [1.807, 2.05) is 18.2 Å². The Morgan fingerprint density at radius 3 is 2.27 bits per heavy atom. The second-order valence-electron chi connectivity index (χ2n) is 6.69. The number of halogens is 2. The Kier molecular flexibility index (Phi) is 8.13. The summed E-state index contributed by atoms with van der Waals surface area (Å²) < 4.78 is 39.3. The lowest BCUT2D eigenvalue weighted by Gasteiger charge is -2.11. The highest BCUT2D eigenvalue weighted by molar-refractivity contribution is 6.22. The van der Waals surface area contributed by atoms with Gasteiger partial charge in [0, 0.05) is 11.3 Å². The molecule has 0 unspecified atom stereocenters. The second kappa shape index (κ2) is 11.4. The van der Waals surface area contributed by atoms with E-state index in [1.54, 1.807) is 42.5 Å². The van der Waals surface area contributed by atoms with Crippen molar-refractivity contribution in [3.05, 3.63) is 90.0 Å². The molecule has 0 aliphatic rings. The number of carbonyl (C=O) groups excluding carboxylic acids is 2. The van der Waals surface area contributed by atoms with Gasteiger partial charge in [-0.05, 0) is 42.0 Å². The van der Waals surface area contributed by atoms with E-state index in [0.717, 1.165) is 0 Å². The Balaban J connectivity index is 1.70. The first kappa shape index (κ1) is 23.5. The van der Waals surface area contributed by atoms with E-state index in [4.69, 9.17) is 9.47 Å². The average molecular weight is 453 g/mol. The third-order valence-corrected chi connectivity index (χ3v) is 4.44. The van der Waals surface area contributed by atoms with Crippen molar-refractivity contribution in [2.75, 3.05) is 19.0 Å². The standard InChI is InChI=1S/C25H21F2NO5/c1-31-22-10-6-5-9-18(22)15-21(17-7-3-2-4-8-17)24(30)32-16-23(29)28-19-11-13-20(14-12-19)33-25(26)27/h2-15,25H,16H2,1H3,(H,28,29)/b21-15+. The summed E-state index contributed by atoms with van der Waals surface area (Å²) in [5.41, 5.74) is 1.88. The Labute approximate surface area is 189 Å². The highest BCUT2D eigenvalue weighted by atomic mass is 19.3. The predicted molar refractivity (Wildman–Crippen MR) is 120 cm³/mol. The fourth-order valence-corrected chi connectivity index (χ4v) is 2.94. The second-order valence-corrected chi connectivity index (χ2v) is 6.69. The summed E-state index contributed by atoms with van der Waals surface area (Å²) in [5, 5.41) is 2.53. The van der Waals surface area contributed by atoms with Gasteiger partial charge in [0.1, 0.15) is 11.5 Å². The van der Waals surface area contributed by atoms with Gasteiger partial charge in [-0.2, -0.15) is 8.78 Å². The number of hydrogen-bond acceptors (Lipinski definition) is 5. The highest BCUT2D eigenvalue weighted by Gasteiger charge is 2.17. The molecule has 8 heteroatoms. The number of ether oxygens (including phenoxy) is 3. The van der Waals surface area contributed by atoms with Crippen molar-refractivity contribution >= 4 is 29.2 Å². The SMILES string of the molecule is COc1ccccc1/C=C(/C(=O)OCC(=O)Nc1ccc(OC(F)F)cc1)c1ccccc1. The van der Waals surface area contributed by atoms with Gasteiger partial charge in [0.25, 0.3) is 5.91 Å². The lowest BCUT2D eigenvalue weighted by Crippen LogP contribution is -2.21. The molecular formula is C25H21F2NO5. The zero-order chi connectivity index (χ0) is 23.6. The van der Waals surface area contributed by atoms with Crippen LogP contribution in [0.5, 0.6) is 11.5 Å². The Morgan fingerprint density at radius 1 is 0.939 bits per heavy atom. The van der Waals surface area contributed by atoms with E-state index in [2.05, 4.69) is 10.1 Å². The molecule has 0 radical (unpaired) electrons. The first-order valence-electron chi connectivity index (χ1n) is 9.88. The van der Waals surface area contributed by atoms with Crippen LogP contribution in [-0.2, 0) is 14.3 Å². The normalized spacial score (nSPS) is 11.1. The van der Waals surface area contributed by atoms with Crippen LogP contribution in [0.4, 0.5) is 14.5 Å². The molecule has 0 bridgehead atoms. The van der Waals surface area contributed by atoms with E-state index < -0.39 is 25.1 Å². The van der Waals surface area contributed by atoms with Crippen LogP contribution < -0.4 is 14.8 Å². The highest BCUT2D eigenvalue weighted by Crippen LogP contribution is 2.25. The van der Waals surface area contributed by atoms with Gasteiger partial charge >= 0.3 is 12.6 Å². The minimum atomic E-state index is -2.94. The first-order chi connectivity index (χ1) is 16.0. The monoisotopic (exact) mass is 453 g/mol. The minimum absolute atomic E-state index is 0.0385. The fraction of sp³-hybridized carbons (Fsp3) is 0.120. The first-order valence-corrected chi connectivity index (χ1v) is 9.88. The number of carbonyl (C=O) groups is 2. The van der Waals surface area contributed by atoms with Crippen LogP contribution in [-0.4, -0.2) is 32.2 Å². The maximum absolute atomic E-state index is 12.9. The van der Waals surface area contributed by atoms with E-state index in [-0.39, 0.29) is 11.3 Å². The molecule has 0 fully saturated rings. The van der Waals surface area contributed by atoms with Gasteiger partial charge in [-0.3, -0.25) is 4.79 Å². The zero-order valence-electron chi connectivity index (χ0n) is 17.7. The minimum Gasteiger partial charge on any atom is -0.496 e. The molecule has 3 aromatic carbocycles. The predicted octanol–water partition coefficient (Wildman–Crippen LogP) is 5.02. The third-order valence-electron chi connectivity index (χ3n) is 4.44. The zero-order valence-corrected chi connectivity index (χ0v) is 17.7. The van der Waals surface area contributed by atoms with E-state index >= 15 is 0 Å². The van der Waals surface area contributed by atoms with Crippen molar-refractivity contribution < 1.29 is 32.6 Å². The maximum Gasteiger partial charge on any atom is 0.387 e. The molecule has 170 valence electrons. The fourth-order valence-electron chi connectivity index (χ4n) is 2.94. The summed E-state index contributed by atoms with van der Waals surface area (Å²) in [6.07, 6.45) is 1.64. The van der Waals surface area contributed by atoms with Gasteiger partial charge in [-0.15, -0.1) is 0 Å². The molecule has 0 heterocycles. The van der Waals surface area contributed by atoms with Gasteiger partial charge in [-0.1, -0.05) is 48.5 Å². The van der Waals surface area contributed by atoms with Gasteiger partial charge in [0.05, 0.1) is 12.7 Å². The Bertz CT molecular complexity index is 1120. The number of nitrogens with one attached hydrogen (secondary N) is 1. The summed E-state index contributed by atoms with van der Waals surface area (Å²) in [6, 6.07) is 21.5. The molecule has 0 aromatic heterocycles. The van der Waals surface area contributed by atoms with Gasteiger partial charge < -0.3 is 19.5 Å². The molecule has 6 nitrogen and oxygen atoms in total. The van der Waals surface area contributed by atoms with Crippen LogP contribution in [0.1, 0.15) is 11.1 Å². The molecule has 0 aliphatic heterocycles. The van der Waals surface area contributed by atoms with Crippen LogP contribution in [0.3, 0.4) is 0 Å². The smallest absolute Gasteiger partial charge is 0.387 e. The number of alkyl halides is 2. The lowest BCUT2D eigenvalue weighted by atomic mass is 10.0. The van der Waals surface area contributed by atoms with Gasteiger partial charge in [0.2, 0.25) is 0 Å². The van der Waals surface area contributed by atoms with Crippen LogP contribution in [0, 0.1) is 0 Å². The van der Waals surface area contributed by atoms with Crippen molar-refractivity contribution in [2.45, 2.75) is 6.61 Å². The van der Waals surface area contributed by atoms with Crippen molar-refractivity contribution in [3.8, 4) is 11.5 Å². The molecule has 0 spiro atoms. The number of para-hydroxylation sites is 1. The number of methoxy groups -OCH3 is 1. The summed E-state index contributed by atoms with van der Waals surface area (Å²) >= 11 is 0. The molecular weight excluding hydrogens is 432 g/mol. The van der Waals surface area contributed by atoms with Crippen molar-refractivity contribution in [3.63, 3.8) is 0 Å². The van der Waals surface area contributed by atoms with E-state index in [1.165, 1.54) is 31.4 Å². The number of benzene rings is 3. The van der Waals surface area contributed by atoms with Crippen LogP contribution in [0.2, 0.25) is 0 Å². The number of rotatable bonds is 9. The Morgan fingerprint density at radius 2 is 1.61 bits per heavy atom. The quantitative estimate of drug-likeness (QED) is 0.280. The Hall–Kier alpha value is -4.20. The largest absolute Gasteiger partial charge is 0.496 e. The average Bonchev–Trinajstić information content (AvgIpc) is 2.82. The molecule has 1 N–H and O–H groups in total. The van der Waals surface area contributed by atoms with Gasteiger partial charge in [-0.25, -0.2) is 4.79 Å². The third kappa shape index (κ3) is 6.90. The number of amides is 1. The summed E-state index contributed by atoms with van der Waals surface area (Å²) in [5.74, 6) is -0.738. The number of anilines is 1. The molecule has 0 saturated carbocycles. The number of hydrogen-bond donors (Lipinski definition) is 1. The summed E-state index contributed by atoms with van der Waals surface area (Å²) in [6.45, 7) is -3.47. The van der Waals surface area contributed by atoms with E-state index in [9.17, 15) is 18.4 Å². The number of esters is 1. The maximum atomic E-state index is 12.9. The topological polar surface area (TPSA) is 73.9 Å². The van der Waals surface area contributed by atoms with Crippen molar-refractivity contribution in [2.24, 2.45) is 0 Å². The van der Waals surface area contributed by atoms with Crippen LogP contribution >= 0.6 is 0 Å². The van der Waals surface area contributed by atoms with Crippen LogP contribution in [0.15, 0.2) is 78.9 Å². The molecule has 0 saturated heterocycles. The molecule has 3 rings (SSSR count). The van der Waals surface area contributed by atoms with Crippen molar-refractivity contribution in [1.29, 1.82) is 0 Å². The molecule has 0 atom stereocenters. The molecule has 33 heavy (non-hydrogen) atoms. The summed E-state index contributed by atoms with van der Waals surface area (Å²) in [4.78, 5) is 25.1. The summed E-state index contributed by atoms with van der Waals surface area (Å²) in [7, 11) is 1.53. The van der Waals surface area contributed by atoms with Crippen LogP contribution in [0.25, 0.3) is 11.6 Å². The van der Waals surface area contributed by atoms with E-state index in [0.29, 0.717) is 22.6 Å². The lowest BCUT2D eigenvalue weighted by molar-refractivity contribution is -0.141. The van der Waals surface area contributed by atoms with Gasteiger partial charge in [0.15, 0.2) is 6.61 Å². The van der Waals surface area contributed by atoms with Crippen molar-refractivity contribution in [1.82, 2.24) is 0 Å².